The van der Waals surface area contributed by atoms with E-state index < -0.39 is 5.97 Å². The average Bonchev–Trinajstić information content (AvgIpc) is 1.87. The van der Waals surface area contributed by atoms with Crippen molar-refractivity contribution >= 4 is 5.97 Å². The number of hydrogen-bond acceptors (Lipinski definition) is 4. The third kappa shape index (κ3) is 4.75. The monoisotopic (exact) mass is 161 g/mol. The Morgan fingerprint density at radius 3 is 2.36 bits per heavy atom. The van der Waals surface area contributed by atoms with Crippen molar-refractivity contribution in [3.05, 3.63) is 0 Å². The van der Waals surface area contributed by atoms with E-state index in [2.05, 4.69) is 10.7 Å². The second-order valence-electron chi connectivity index (χ2n) is 2.75. The third-order valence-electron chi connectivity index (χ3n) is 1.46. The van der Waals surface area contributed by atoms with Crippen molar-refractivity contribution in [2.75, 3.05) is 6.61 Å². The van der Waals surface area contributed by atoms with Gasteiger partial charge in [0, 0.05) is 0 Å². The average molecular weight is 161 g/mol. The molecule has 0 radical (unpaired) electrons. The predicted octanol–water partition coefficient (Wildman–Crippen LogP) is 0.464. The normalized spacial score (nSPS) is 13.2. The summed E-state index contributed by atoms with van der Waals surface area (Å²) in [4.78, 5) is 14.8. The Kier molecular flexibility index (Phi) is 4.81. The lowest BCUT2D eigenvalue weighted by Gasteiger charge is -2.15. The molecule has 0 aliphatic heterocycles. The Morgan fingerprint density at radius 2 is 2.00 bits per heavy atom. The van der Waals surface area contributed by atoms with Crippen LogP contribution in [0.1, 0.15) is 20.8 Å². The Morgan fingerprint density at radius 1 is 1.45 bits per heavy atom. The molecule has 0 spiro atoms. The number of carbonyl (C=O) groups excluding carboxylic acids is 1. The molecule has 11 heavy (non-hydrogen) atoms. The summed E-state index contributed by atoms with van der Waals surface area (Å²) in [6.07, 6.45) is -0.0855. The molecule has 1 atom stereocenters. The largest absolute Gasteiger partial charge is 0.461 e. The topological polar surface area (TPSA) is 61.5 Å². The second-order valence-corrected chi connectivity index (χ2v) is 2.75. The molecule has 0 bridgehead atoms. The van der Waals surface area contributed by atoms with Crippen LogP contribution >= 0.6 is 0 Å². The summed E-state index contributed by atoms with van der Waals surface area (Å²) in [7, 11) is 0. The highest BCUT2D eigenvalue weighted by Crippen LogP contribution is 2.04. The molecular formula is C7H15NO3. The molecular weight excluding hydrogens is 146 g/mol. The maximum Gasteiger partial charge on any atom is 0.334 e. The van der Waals surface area contributed by atoms with Gasteiger partial charge in [-0.1, -0.05) is 13.8 Å². The zero-order chi connectivity index (χ0) is 8.85. The lowest BCUT2D eigenvalue weighted by Crippen LogP contribution is -2.24. The van der Waals surface area contributed by atoms with Crippen molar-refractivity contribution in [1.82, 2.24) is 0 Å². The molecule has 2 N–H and O–H groups in total. The van der Waals surface area contributed by atoms with E-state index in [1.807, 2.05) is 20.8 Å². The highest BCUT2D eigenvalue weighted by Gasteiger charge is 2.12. The lowest BCUT2D eigenvalue weighted by atomic mass is 10.1. The van der Waals surface area contributed by atoms with E-state index in [1.54, 1.807) is 0 Å². The van der Waals surface area contributed by atoms with Gasteiger partial charge in [-0.25, -0.2) is 10.7 Å². The minimum absolute atomic E-state index is 0.0855. The molecule has 0 aromatic carbocycles. The Bertz CT molecular complexity index is 125. The van der Waals surface area contributed by atoms with Gasteiger partial charge in [-0.2, -0.15) is 0 Å². The zero-order valence-corrected chi connectivity index (χ0v) is 7.16. The van der Waals surface area contributed by atoms with Gasteiger partial charge in [0.1, 0.15) is 6.10 Å². The van der Waals surface area contributed by atoms with Gasteiger partial charge >= 0.3 is 5.97 Å². The maximum atomic E-state index is 10.7. The first-order valence-electron chi connectivity index (χ1n) is 3.59. The molecule has 0 fully saturated rings. The number of rotatable bonds is 4. The van der Waals surface area contributed by atoms with Gasteiger partial charge in [0.2, 0.25) is 0 Å². The van der Waals surface area contributed by atoms with Crippen LogP contribution < -0.4 is 5.90 Å². The fourth-order valence-electron chi connectivity index (χ4n) is 0.445. The highest BCUT2D eigenvalue weighted by atomic mass is 16.6. The van der Waals surface area contributed by atoms with Crippen LogP contribution in [0.2, 0.25) is 0 Å². The number of ether oxygens (including phenoxy) is 1. The summed E-state index contributed by atoms with van der Waals surface area (Å²) >= 11 is 0. The van der Waals surface area contributed by atoms with Gasteiger partial charge in [-0.05, 0) is 12.8 Å². The van der Waals surface area contributed by atoms with Crippen LogP contribution in [0, 0.1) is 5.92 Å². The van der Waals surface area contributed by atoms with Gasteiger partial charge in [-0.3, -0.25) is 4.84 Å². The van der Waals surface area contributed by atoms with Crippen LogP contribution in [0.4, 0.5) is 0 Å². The number of esters is 1. The highest BCUT2D eigenvalue weighted by molar-refractivity contribution is 5.70. The van der Waals surface area contributed by atoms with Crippen LogP contribution in [0.3, 0.4) is 0 Å². The Balaban J connectivity index is 3.57. The quantitative estimate of drug-likeness (QED) is 0.480. The molecule has 0 amide bonds. The minimum atomic E-state index is -0.422. The molecule has 0 heterocycles. The van der Waals surface area contributed by atoms with E-state index in [4.69, 9.17) is 4.74 Å². The molecule has 1 unspecified atom stereocenters. The molecule has 0 saturated carbocycles. The van der Waals surface area contributed by atoms with Crippen LogP contribution in [0.25, 0.3) is 0 Å². The molecule has 66 valence electrons. The predicted molar refractivity (Wildman–Crippen MR) is 40.5 cm³/mol. The second kappa shape index (κ2) is 5.09. The van der Waals surface area contributed by atoms with E-state index in [1.165, 1.54) is 0 Å². The molecule has 0 rings (SSSR count). The van der Waals surface area contributed by atoms with Gasteiger partial charge in [-0.15, -0.1) is 0 Å². The molecule has 4 nitrogen and oxygen atoms in total. The fourth-order valence-corrected chi connectivity index (χ4v) is 0.445. The first kappa shape index (κ1) is 10.4. The Labute approximate surface area is 66.6 Å². The van der Waals surface area contributed by atoms with Gasteiger partial charge in [0.05, 0.1) is 0 Å². The summed E-state index contributed by atoms with van der Waals surface area (Å²) in [5, 5.41) is 0. The minimum Gasteiger partial charge on any atom is -0.461 e. The molecule has 0 aliphatic carbocycles. The molecule has 0 aliphatic rings. The van der Waals surface area contributed by atoms with Crippen molar-refractivity contribution in [2.24, 2.45) is 11.8 Å². The van der Waals surface area contributed by atoms with Crippen LogP contribution in [0.15, 0.2) is 0 Å². The lowest BCUT2D eigenvalue weighted by molar-refractivity contribution is -0.155. The van der Waals surface area contributed by atoms with Crippen molar-refractivity contribution in [3.63, 3.8) is 0 Å². The van der Waals surface area contributed by atoms with Crippen LogP contribution in [-0.4, -0.2) is 18.7 Å². The van der Waals surface area contributed by atoms with E-state index in [0.717, 1.165) is 0 Å². The van der Waals surface area contributed by atoms with Gasteiger partial charge in [0.15, 0.2) is 6.61 Å². The van der Waals surface area contributed by atoms with Crippen molar-refractivity contribution in [3.8, 4) is 0 Å². The van der Waals surface area contributed by atoms with E-state index in [0.29, 0.717) is 5.92 Å². The summed E-state index contributed by atoms with van der Waals surface area (Å²) < 4.78 is 4.91. The summed E-state index contributed by atoms with van der Waals surface area (Å²) in [5.41, 5.74) is 0. The van der Waals surface area contributed by atoms with Gasteiger partial charge < -0.3 is 4.74 Å². The van der Waals surface area contributed by atoms with E-state index >= 15 is 0 Å². The maximum absolute atomic E-state index is 10.7. The van der Waals surface area contributed by atoms with E-state index in [-0.39, 0.29) is 12.7 Å². The summed E-state index contributed by atoms with van der Waals surface area (Å²) in [6, 6.07) is 0. The first-order chi connectivity index (χ1) is 5.07. The molecule has 0 saturated heterocycles. The number of carbonyl (C=O) groups is 1. The fraction of sp³-hybridized carbons (Fsp3) is 0.857. The molecule has 4 heteroatoms. The number of hydrogen-bond donors (Lipinski definition) is 1. The van der Waals surface area contributed by atoms with Crippen molar-refractivity contribution in [2.45, 2.75) is 26.9 Å². The number of nitrogens with two attached hydrogens (primary N) is 1. The summed E-state index contributed by atoms with van der Waals surface area (Å²) in [6.45, 7) is 5.60. The summed E-state index contributed by atoms with van der Waals surface area (Å²) in [5.74, 6) is 4.57. The van der Waals surface area contributed by atoms with Crippen molar-refractivity contribution in [1.29, 1.82) is 0 Å². The molecule has 0 aromatic rings. The standard InChI is InChI=1S/C7H15NO3/c1-5(2)6(3)11-7(9)4-10-8/h5-6H,4,8H2,1-3H3. The van der Waals surface area contributed by atoms with E-state index in [9.17, 15) is 4.79 Å². The molecule has 0 aromatic heterocycles. The SMILES string of the molecule is CC(C)C(C)OC(=O)CON. The third-order valence-corrected chi connectivity index (χ3v) is 1.46. The Hall–Kier alpha value is -0.610. The zero-order valence-electron chi connectivity index (χ0n) is 7.16. The smallest absolute Gasteiger partial charge is 0.334 e. The van der Waals surface area contributed by atoms with Crippen LogP contribution in [0.5, 0.6) is 0 Å². The van der Waals surface area contributed by atoms with Crippen LogP contribution in [-0.2, 0) is 14.4 Å². The van der Waals surface area contributed by atoms with Gasteiger partial charge in [0.25, 0.3) is 0 Å². The van der Waals surface area contributed by atoms with Crippen molar-refractivity contribution < 1.29 is 14.4 Å². The first-order valence-corrected chi connectivity index (χ1v) is 3.59.